The van der Waals surface area contributed by atoms with Gasteiger partial charge in [0.25, 0.3) is 0 Å². The lowest BCUT2D eigenvalue weighted by Crippen LogP contribution is -2.60. The van der Waals surface area contributed by atoms with Gasteiger partial charge in [0.2, 0.25) is 27.7 Å². The van der Waals surface area contributed by atoms with Crippen molar-refractivity contribution in [2.24, 2.45) is 5.73 Å². The lowest BCUT2D eigenvalue weighted by Gasteiger charge is -2.39. The second kappa shape index (κ2) is 12.8. The molecule has 0 bridgehead atoms. The number of hydrogen-bond donors (Lipinski definition) is 5. The number of piperidine rings is 1. The number of aromatic nitrogens is 1. The number of hydrogen-bond acceptors (Lipinski definition) is 8. The van der Waals surface area contributed by atoms with Crippen LogP contribution >= 0.6 is 23.1 Å². The SMILES string of the molecule is NC(=O)[C@@H](Cc1c[nH]c2ccccc12)NC(=O)[C@@H]1C[C@@H](NS(=O)(=O)c2cccs2)CCN1C(=O)CSCC(=O)O. The molecule has 1 aliphatic rings. The summed E-state index contributed by atoms with van der Waals surface area (Å²) in [5, 5.41) is 14.1. The molecule has 1 aromatic carbocycles. The first kappa shape index (κ1) is 29.6. The van der Waals surface area contributed by atoms with Crippen molar-refractivity contribution in [3.8, 4) is 0 Å². The number of carboxylic acids is 1. The van der Waals surface area contributed by atoms with Crippen molar-refractivity contribution in [1.82, 2.24) is 19.9 Å². The highest BCUT2D eigenvalue weighted by molar-refractivity contribution is 8.00. The number of carbonyl (C=O) groups excluding carboxylic acids is 3. The normalized spacial score (nSPS) is 18.4. The molecule has 214 valence electrons. The van der Waals surface area contributed by atoms with Gasteiger partial charge in [-0.3, -0.25) is 19.2 Å². The predicted molar refractivity (Wildman–Crippen MR) is 151 cm³/mol. The van der Waals surface area contributed by atoms with E-state index in [4.69, 9.17) is 10.8 Å². The number of nitrogens with one attached hydrogen (secondary N) is 3. The smallest absolute Gasteiger partial charge is 0.313 e. The fraction of sp³-hybridized carbons (Fsp3) is 0.360. The summed E-state index contributed by atoms with van der Waals surface area (Å²) in [6.07, 6.45) is 2.05. The van der Waals surface area contributed by atoms with Gasteiger partial charge in [0, 0.05) is 36.1 Å². The summed E-state index contributed by atoms with van der Waals surface area (Å²) in [6.45, 7) is 0.0614. The number of para-hydroxylation sites is 1. The van der Waals surface area contributed by atoms with Crippen LogP contribution in [0.4, 0.5) is 0 Å². The Balaban J connectivity index is 1.52. The third kappa shape index (κ3) is 7.21. The van der Waals surface area contributed by atoms with Crippen molar-refractivity contribution in [2.75, 3.05) is 18.1 Å². The van der Waals surface area contributed by atoms with Crippen molar-refractivity contribution in [2.45, 2.75) is 41.6 Å². The number of H-pyrrole nitrogens is 1. The third-order valence-corrected chi connectivity index (χ3v) is 10.3. The number of carboxylic acid groups (broad SMARTS) is 1. The topological polar surface area (TPSA) is 192 Å². The molecule has 40 heavy (non-hydrogen) atoms. The molecule has 4 rings (SSSR count). The molecule has 3 atom stereocenters. The van der Waals surface area contributed by atoms with Gasteiger partial charge in [0.05, 0.1) is 11.5 Å². The van der Waals surface area contributed by atoms with Crippen LogP contribution in [0.2, 0.25) is 0 Å². The summed E-state index contributed by atoms with van der Waals surface area (Å²) in [7, 11) is -3.83. The summed E-state index contributed by atoms with van der Waals surface area (Å²) in [5.74, 6) is -3.40. The Morgan fingerprint density at radius 3 is 2.65 bits per heavy atom. The molecule has 15 heteroatoms. The highest BCUT2D eigenvalue weighted by Gasteiger charge is 2.39. The fourth-order valence-electron chi connectivity index (χ4n) is 4.63. The number of primary amides is 1. The number of amides is 3. The molecule has 1 aliphatic heterocycles. The number of nitrogens with zero attached hydrogens (tertiary/aromatic N) is 1. The van der Waals surface area contributed by atoms with Crippen molar-refractivity contribution in [3.63, 3.8) is 0 Å². The number of carbonyl (C=O) groups is 4. The lowest BCUT2D eigenvalue weighted by atomic mass is 9.96. The average Bonchev–Trinajstić information content (AvgIpc) is 3.59. The van der Waals surface area contributed by atoms with Gasteiger partial charge in [-0.1, -0.05) is 24.3 Å². The zero-order chi connectivity index (χ0) is 28.9. The minimum atomic E-state index is -3.83. The first-order valence-corrected chi connectivity index (χ1v) is 15.9. The van der Waals surface area contributed by atoms with Crippen LogP contribution in [-0.2, 0) is 35.6 Å². The molecule has 0 aliphatic carbocycles. The summed E-state index contributed by atoms with van der Waals surface area (Å²) < 4.78 is 28.4. The Morgan fingerprint density at radius 1 is 1.18 bits per heavy atom. The van der Waals surface area contributed by atoms with Crippen LogP contribution < -0.4 is 15.8 Å². The van der Waals surface area contributed by atoms with Gasteiger partial charge in [0.15, 0.2) is 0 Å². The van der Waals surface area contributed by atoms with E-state index in [1.165, 1.54) is 11.0 Å². The number of likely N-dealkylation sites (tertiary alicyclic amines) is 1. The number of nitrogens with two attached hydrogens (primary N) is 1. The first-order chi connectivity index (χ1) is 19.0. The number of thioether (sulfide) groups is 1. The molecular formula is C25H29N5O7S3. The molecule has 0 saturated carbocycles. The number of thiophene rings is 1. The standard InChI is InChI=1S/C25H29N5O7S3/c26-24(34)19(10-15-12-27-18-5-2-1-4-17(15)18)28-25(35)20-11-16(29-40(36,37)23-6-3-9-39-23)7-8-30(20)21(31)13-38-14-22(32)33/h1-6,9,12,16,19-20,27,29H,7-8,10-11,13-14H2,(H2,26,34)(H,28,35)(H,32,33)/t16-,19+,20-/m0/s1. The number of benzene rings is 1. The van der Waals surface area contributed by atoms with Crippen LogP contribution in [0.25, 0.3) is 10.9 Å². The second-order valence-corrected chi connectivity index (χ2v) is 13.2. The molecule has 3 amide bonds. The van der Waals surface area contributed by atoms with Gasteiger partial charge in [-0.05, 0) is 35.9 Å². The van der Waals surface area contributed by atoms with Crippen LogP contribution in [0, 0.1) is 0 Å². The van der Waals surface area contributed by atoms with Gasteiger partial charge in [-0.25, -0.2) is 13.1 Å². The Hall–Kier alpha value is -3.40. The molecule has 3 aromatic rings. The number of aliphatic carboxylic acids is 1. The highest BCUT2D eigenvalue weighted by Crippen LogP contribution is 2.24. The minimum absolute atomic E-state index is 0.0374. The fourth-order valence-corrected chi connectivity index (χ4v) is 7.54. The van der Waals surface area contributed by atoms with Crippen LogP contribution in [0.15, 0.2) is 52.2 Å². The van der Waals surface area contributed by atoms with Crippen LogP contribution in [-0.4, -0.2) is 83.3 Å². The van der Waals surface area contributed by atoms with E-state index in [2.05, 4.69) is 15.0 Å². The van der Waals surface area contributed by atoms with E-state index in [-0.39, 0.29) is 41.5 Å². The molecule has 12 nitrogen and oxygen atoms in total. The number of fused-ring (bicyclic) bond motifs is 1. The zero-order valence-corrected chi connectivity index (χ0v) is 23.7. The zero-order valence-electron chi connectivity index (χ0n) is 21.2. The average molecular weight is 608 g/mol. The third-order valence-electron chi connectivity index (χ3n) is 6.52. The Bertz CT molecular complexity index is 1490. The van der Waals surface area contributed by atoms with Crippen molar-refractivity contribution in [1.29, 1.82) is 0 Å². The van der Waals surface area contributed by atoms with E-state index in [0.717, 1.165) is 39.6 Å². The highest BCUT2D eigenvalue weighted by atomic mass is 32.2. The molecule has 2 aromatic heterocycles. The monoisotopic (exact) mass is 607 g/mol. The van der Waals surface area contributed by atoms with Crippen LogP contribution in [0.3, 0.4) is 0 Å². The molecule has 1 saturated heterocycles. The van der Waals surface area contributed by atoms with Gasteiger partial charge in [0.1, 0.15) is 16.3 Å². The Morgan fingerprint density at radius 2 is 1.95 bits per heavy atom. The predicted octanol–water partition coefficient (Wildman–Crippen LogP) is 0.898. The van der Waals surface area contributed by atoms with Crippen LogP contribution in [0.5, 0.6) is 0 Å². The van der Waals surface area contributed by atoms with Crippen molar-refractivity contribution >= 4 is 67.7 Å². The van der Waals surface area contributed by atoms with Crippen molar-refractivity contribution in [3.05, 3.63) is 53.5 Å². The summed E-state index contributed by atoms with van der Waals surface area (Å²) >= 11 is 1.96. The van der Waals surface area contributed by atoms with Gasteiger partial charge < -0.3 is 26.0 Å². The maximum absolute atomic E-state index is 13.5. The molecular weight excluding hydrogens is 579 g/mol. The summed E-state index contributed by atoms with van der Waals surface area (Å²) in [6, 6.07) is 7.70. The molecule has 6 N–H and O–H groups in total. The van der Waals surface area contributed by atoms with E-state index in [0.29, 0.717) is 0 Å². The Labute approximate surface area is 238 Å². The van der Waals surface area contributed by atoms with E-state index >= 15 is 0 Å². The first-order valence-electron chi connectivity index (χ1n) is 12.3. The lowest BCUT2D eigenvalue weighted by molar-refractivity contribution is -0.141. The van der Waals surface area contributed by atoms with E-state index < -0.39 is 51.8 Å². The molecule has 1 fully saturated rings. The summed E-state index contributed by atoms with van der Waals surface area (Å²) in [4.78, 5) is 54.2. The summed E-state index contributed by atoms with van der Waals surface area (Å²) in [5.41, 5.74) is 7.26. The van der Waals surface area contributed by atoms with Crippen molar-refractivity contribution < 1.29 is 32.7 Å². The van der Waals surface area contributed by atoms with E-state index in [9.17, 15) is 27.6 Å². The largest absolute Gasteiger partial charge is 0.481 e. The second-order valence-electron chi connectivity index (χ2n) is 9.29. The van der Waals surface area contributed by atoms with Gasteiger partial charge in [-0.2, -0.15) is 0 Å². The van der Waals surface area contributed by atoms with E-state index in [1.807, 2.05) is 24.3 Å². The molecule has 0 spiro atoms. The number of sulfonamides is 1. The molecule has 0 radical (unpaired) electrons. The Kier molecular flexibility index (Phi) is 9.50. The minimum Gasteiger partial charge on any atom is -0.481 e. The molecule has 3 heterocycles. The molecule has 0 unspecified atom stereocenters. The van der Waals surface area contributed by atoms with Gasteiger partial charge >= 0.3 is 5.97 Å². The van der Waals surface area contributed by atoms with Gasteiger partial charge in [-0.15, -0.1) is 23.1 Å². The quantitative estimate of drug-likeness (QED) is 0.200. The number of aromatic amines is 1. The van der Waals surface area contributed by atoms with Crippen LogP contribution in [0.1, 0.15) is 18.4 Å². The van der Waals surface area contributed by atoms with E-state index in [1.54, 1.807) is 17.6 Å². The maximum Gasteiger partial charge on any atom is 0.313 e. The number of rotatable bonds is 12. The maximum atomic E-state index is 13.5.